The number of furan rings is 1. The lowest BCUT2D eigenvalue weighted by Crippen LogP contribution is -2.31. The van der Waals surface area contributed by atoms with E-state index in [0.717, 1.165) is 15.6 Å². The van der Waals surface area contributed by atoms with E-state index in [9.17, 15) is 9.59 Å². The molecule has 0 radical (unpaired) electrons. The Balaban J connectivity index is 2.04. The second kappa shape index (κ2) is 6.05. The third-order valence-corrected chi connectivity index (χ3v) is 4.51. The van der Waals surface area contributed by atoms with Crippen molar-refractivity contribution >= 4 is 33.1 Å². The Hall–Kier alpha value is -1.94. The quantitative estimate of drug-likeness (QED) is 0.764. The minimum Gasteiger partial charge on any atom is -0.465 e. The van der Waals surface area contributed by atoms with Crippen LogP contribution in [-0.4, -0.2) is 11.6 Å². The second-order valence-electron chi connectivity index (χ2n) is 5.50. The first-order valence-electron chi connectivity index (χ1n) is 7.10. The molecule has 1 heterocycles. The summed E-state index contributed by atoms with van der Waals surface area (Å²) in [7, 11) is 0. The molecule has 4 heteroatoms. The number of halogens is 1. The van der Waals surface area contributed by atoms with Crippen LogP contribution in [0.5, 0.6) is 0 Å². The van der Waals surface area contributed by atoms with Crippen molar-refractivity contribution in [3.05, 3.63) is 64.5 Å². The van der Waals surface area contributed by atoms with Gasteiger partial charge in [-0.15, -0.1) is 0 Å². The minimum atomic E-state index is -0.618. The molecule has 0 saturated heterocycles. The summed E-state index contributed by atoms with van der Waals surface area (Å²) < 4.78 is 6.35. The number of ketones is 2. The maximum absolute atomic E-state index is 12.5. The molecule has 0 fully saturated rings. The number of carbonyl (C=O) groups excluding carboxylic acids is 2. The summed E-state index contributed by atoms with van der Waals surface area (Å²) in [6.07, 6.45) is 3.76. The van der Waals surface area contributed by atoms with E-state index in [1.807, 2.05) is 30.3 Å². The summed E-state index contributed by atoms with van der Waals surface area (Å²) in [6.45, 7) is 1.49. The maximum Gasteiger partial charge on any atom is 0.167 e. The summed E-state index contributed by atoms with van der Waals surface area (Å²) in [6, 6.07) is 11.4. The predicted molar refractivity (Wildman–Crippen MR) is 87.4 cm³/mol. The molecule has 22 heavy (non-hydrogen) atoms. The smallest absolute Gasteiger partial charge is 0.167 e. The van der Waals surface area contributed by atoms with E-state index in [0.29, 0.717) is 12.2 Å². The van der Waals surface area contributed by atoms with Crippen molar-refractivity contribution in [2.24, 2.45) is 5.92 Å². The third kappa shape index (κ3) is 2.83. The molecule has 0 N–H and O–H groups in total. The van der Waals surface area contributed by atoms with E-state index in [4.69, 9.17) is 4.42 Å². The summed E-state index contributed by atoms with van der Waals surface area (Å²) in [5.41, 5.74) is 1.83. The monoisotopic (exact) mass is 358 g/mol. The average Bonchev–Trinajstić information content (AvgIpc) is 3.00. The van der Waals surface area contributed by atoms with Crippen molar-refractivity contribution < 1.29 is 14.0 Å². The minimum absolute atomic E-state index is 0.0929. The zero-order valence-corrected chi connectivity index (χ0v) is 13.7. The van der Waals surface area contributed by atoms with Crippen LogP contribution in [0, 0.1) is 5.92 Å². The highest BCUT2D eigenvalue weighted by Crippen LogP contribution is 2.40. The molecule has 0 amide bonds. The Morgan fingerprint density at radius 2 is 2.09 bits per heavy atom. The zero-order valence-electron chi connectivity index (χ0n) is 12.1. The first-order chi connectivity index (χ1) is 10.6. The highest BCUT2D eigenvalue weighted by molar-refractivity contribution is 9.10. The van der Waals surface area contributed by atoms with Gasteiger partial charge in [0, 0.05) is 10.4 Å². The number of hydrogen-bond donors (Lipinski definition) is 0. The Morgan fingerprint density at radius 1 is 1.27 bits per heavy atom. The van der Waals surface area contributed by atoms with Gasteiger partial charge in [-0.05, 0) is 54.8 Å². The molecule has 3 rings (SSSR count). The number of Topliss-reactive ketones (excluding diaryl/α,β-unsaturated/α-hetero) is 1. The van der Waals surface area contributed by atoms with Gasteiger partial charge in [-0.3, -0.25) is 9.59 Å². The van der Waals surface area contributed by atoms with Gasteiger partial charge in [-0.1, -0.05) is 28.1 Å². The van der Waals surface area contributed by atoms with Crippen molar-refractivity contribution in [2.45, 2.75) is 19.3 Å². The first kappa shape index (κ1) is 15.0. The van der Waals surface area contributed by atoms with Gasteiger partial charge in [0.1, 0.15) is 11.5 Å². The van der Waals surface area contributed by atoms with Crippen molar-refractivity contribution in [3.63, 3.8) is 0 Å². The molecule has 1 aliphatic rings. The van der Waals surface area contributed by atoms with Gasteiger partial charge in [-0.2, -0.15) is 0 Å². The summed E-state index contributed by atoms with van der Waals surface area (Å²) >= 11 is 3.45. The highest BCUT2D eigenvalue weighted by atomic mass is 79.9. The predicted octanol–water partition coefficient (Wildman–Crippen LogP) is 4.39. The van der Waals surface area contributed by atoms with E-state index in [2.05, 4.69) is 15.9 Å². The molecule has 112 valence electrons. The summed E-state index contributed by atoms with van der Waals surface area (Å²) in [4.78, 5) is 24.4. The fourth-order valence-corrected chi connectivity index (χ4v) is 3.45. The number of hydrogen-bond acceptors (Lipinski definition) is 3. The fourth-order valence-electron chi connectivity index (χ4n) is 3.04. The van der Waals surface area contributed by atoms with Crippen LogP contribution in [-0.2, 0) is 9.59 Å². The van der Waals surface area contributed by atoms with Gasteiger partial charge in [-0.25, -0.2) is 0 Å². The standard InChI is InChI=1S/C18H15BrO3/c1-11(20)18-15(12-4-2-5-14(19)8-12)9-13(10-16(18)21)17-6-3-7-22-17/h2-8,10,15,18H,9H2,1H3/t15-,18-/m0/s1. The van der Waals surface area contributed by atoms with Gasteiger partial charge in [0.05, 0.1) is 12.2 Å². The number of allylic oxidation sites excluding steroid dienone is 2. The van der Waals surface area contributed by atoms with Gasteiger partial charge in [0.25, 0.3) is 0 Å². The van der Waals surface area contributed by atoms with Crippen LogP contribution in [0.15, 0.2) is 57.6 Å². The van der Waals surface area contributed by atoms with E-state index < -0.39 is 5.92 Å². The van der Waals surface area contributed by atoms with Crippen molar-refractivity contribution in [3.8, 4) is 0 Å². The Kier molecular flexibility index (Phi) is 4.12. The molecule has 0 spiro atoms. The molecule has 0 saturated carbocycles. The molecule has 1 aromatic carbocycles. The Bertz CT molecular complexity index is 743. The van der Waals surface area contributed by atoms with Crippen LogP contribution < -0.4 is 0 Å². The molecule has 2 aromatic rings. The summed E-state index contributed by atoms with van der Waals surface area (Å²) in [5.74, 6) is -0.323. The van der Waals surface area contributed by atoms with Crippen LogP contribution in [0.1, 0.15) is 30.6 Å². The van der Waals surface area contributed by atoms with Crippen LogP contribution in [0.3, 0.4) is 0 Å². The van der Waals surface area contributed by atoms with E-state index >= 15 is 0 Å². The largest absolute Gasteiger partial charge is 0.465 e. The third-order valence-electron chi connectivity index (χ3n) is 4.02. The van der Waals surface area contributed by atoms with Crippen LogP contribution in [0.2, 0.25) is 0 Å². The maximum atomic E-state index is 12.5. The van der Waals surface area contributed by atoms with E-state index in [-0.39, 0.29) is 17.5 Å². The molecule has 3 nitrogen and oxygen atoms in total. The number of carbonyl (C=O) groups is 2. The topological polar surface area (TPSA) is 47.3 Å². The lowest BCUT2D eigenvalue weighted by Gasteiger charge is -2.28. The number of benzene rings is 1. The molecule has 0 aliphatic heterocycles. The first-order valence-corrected chi connectivity index (χ1v) is 7.90. The lowest BCUT2D eigenvalue weighted by molar-refractivity contribution is -0.130. The number of rotatable bonds is 3. The summed E-state index contributed by atoms with van der Waals surface area (Å²) in [5, 5.41) is 0. The fraction of sp³-hybridized carbons (Fsp3) is 0.222. The molecule has 1 aliphatic carbocycles. The Morgan fingerprint density at radius 3 is 2.73 bits per heavy atom. The average molecular weight is 359 g/mol. The molecule has 1 aromatic heterocycles. The van der Waals surface area contributed by atoms with Crippen molar-refractivity contribution in [2.75, 3.05) is 0 Å². The highest BCUT2D eigenvalue weighted by Gasteiger charge is 2.37. The lowest BCUT2D eigenvalue weighted by atomic mass is 9.73. The Labute approximate surface area is 137 Å². The van der Waals surface area contributed by atoms with Crippen molar-refractivity contribution in [1.82, 2.24) is 0 Å². The van der Waals surface area contributed by atoms with E-state index in [1.54, 1.807) is 18.4 Å². The van der Waals surface area contributed by atoms with Crippen LogP contribution >= 0.6 is 15.9 Å². The normalized spacial score (nSPS) is 21.5. The molecular formula is C18H15BrO3. The van der Waals surface area contributed by atoms with Gasteiger partial charge >= 0.3 is 0 Å². The van der Waals surface area contributed by atoms with Gasteiger partial charge < -0.3 is 4.42 Å². The zero-order chi connectivity index (χ0) is 15.7. The van der Waals surface area contributed by atoms with Gasteiger partial charge in [0.2, 0.25) is 0 Å². The van der Waals surface area contributed by atoms with E-state index in [1.165, 1.54) is 6.92 Å². The second-order valence-corrected chi connectivity index (χ2v) is 6.42. The molecule has 2 atom stereocenters. The van der Waals surface area contributed by atoms with Gasteiger partial charge in [0.15, 0.2) is 5.78 Å². The molecule has 0 bridgehead atoms. The van der Waals surface area contributed by atoms with Crippen molar-refractivity contribution in [1.29, 1.82) is 0 Å². The van der Waals surface area contributed by atoms with Crippen LogP contribution in [0.4, 0.5) is 0 Å². The SMILES string of the molecule is CC(=O)[C@@H]1C(=O)C=C(c2ccco2)C[C@H]1c1cccc(Br)c1. The molecular weight excluding hydrogens is 344 g/mol. The van der Waals surface area contributed by atoms with Crippen LogP contribution in [0.25, 0.3) is 5.57 Å². The molecule has 0 unspecified atom stereocenters.